The van der Waals surface area contributed by atoms with Crippen LogP contribution in [0.2, 0.25) is 0 Å². The average molecular weight is 346 g/mol. The van der Waals surface area contributed by atoms with Gasteiger partial charge in [0.25, 0.3) is 0 Å². The van der Waals surface area contributed by atoms with Crippen molar-refractivity contribution in [2.75, 3.05) is 0 Å². The second kappa shape index (κ2) is 8.86. The number of aryl methyl sites for hydroxylation is 1. The Balaban J connectivity index is 1.80. The molecule has 0 saturated carbocycles. The van der Waals surface area contributed by atoms with E-state index >= 15 is 0 Å². The maximum Gasteiger partial charge on any atom is 0.154 e. The van der Waals surface area contributed by atoms with Crippen molar-refractivity contribution in [2.45, 2.75) is 26.6 Å². The number of hydrogen-bond donors (Lipinski definition) is 0. The standard InChI is InChI=1S/C23H22O3/c1-2-20-13-21(25-16-18-9-5-3-6-10-18)14-23(22(20)15-24)26-17-19-11-7-4-8-12-19/h3-15H,2,16-17H2,1H3. The Morgan fingerprint density at radius 2 is 1.38 bits per heavy atom. The lowest BCUT2D eigenvalue weighted by Crippen LogP contribution is -2.03. The van der Waals surface area contributed by atoms with E-state index in [2.05, 4.69) is 0 Å². The van der Waals surface area contributed by atoms with Crippen molar-refractivity contribution in [3.05, 3.63) is 95.1 Å². The van der Waals surface area contributed by atoms with E-state index in [-0.39, 0.29) is 0 Å². The van der Waals surface area contributed by atoms with E-state index in [1.165, 1.54) is 0 Å². The molecule has 0 saturated heterocycles. The molecule has 3 aromatic rings. The summed E-state index contributed by atoms with van der Waals surface area (Å²) >= 11 is 0. The molecule has 0 radical (unpaired) electrons. The molecule has 0 amide bonds. The van der Waals surface area contributed by atoms with E-state index in [1.54, 1.807) is 6.07 Å². The van der Waals surface area contributed by atoms with Crippen LogP contribution >= 0.6 is 0 Å². The fourth-order valence-electron chi connectivity index (χ4n) is 2.76. The maximum atomic E-state index is 11.6. The summed E-state index contributed by atoms with van der Waals surface area (Å²) in [6, 6.07) is 23.6. The van der Waals surface area contributed by atoms with Gasteiger partial charge in [0.2, 0.25) is 0 Å². The van der Waals surface area contributed by atoms with Crippen molar-refractivity contribution in [1.82, 2.24) is 0 Å². The van der Waals surface area contributed by atoms with Crippen LogP contribution in [0.25, 0.3) is 0 Å². The number of hydrogen-bond acceptors (Lipinski definition) is 3. The van der Waals surface area contributed by atoms with Crippen molar-refractivity contribution in [1.29, 1.82) is 0 Å². The molecular formula is C23H22O3. The van der Waals surface area contributed by atoms with Crippen molar-refractivity contribution in [3.63, 3.8) is 0 Å². The zero-order valence-corrected chi connectivity index (χ0v) is 14.9. The smallest absolute Gasteiger partial charge is 0.154 e. The molecule has 0 atom stereocenters. The Morgan fingerprint density at radius 3 is 1.92 bits per heavy atom. The van der Waals surface area contributed by atoms with Gasteiger partial charge in [-0.2, -0.15) is 0 Å². The molecule has 0 aliphatic rings. The van der Waals surface area contributed by atoms with Crippen LogP contribution in [0.15, 0.2) is 72.8 Å². The molecule has 132 valence electrons. The van der Waals surface area contributed by atoms with E-state index < -0.39 is 0 Å². The lowest BCUT2D eigenvalue weighted by Gasteiger charge is -2.15. The molecule has 3 rings (SSSR count). The third-order valence-electron chi connectivity index (χ3n) is 4.19. The largest absolute Gasteiger partial charge is 0.489 e. The maximum absolute atomic E-state index is 11.6. The molecular weight excluding hydrogens is 324 g/mol. The van der Waals surface area contributed by atoms with Gasteiger partial charge in [-0.3, -0.25) is 4.79 Å². The zero-order chi connectivity index (χ0) is 18.2. The quantitative estimate of drug-likeness (QED) is 0.525. The Bertz CT molecular complexity index is 842. The number of benzene rings is 3. The number of carbonyl (C=O) groups is 1. The molecule has 0 fully saturated rings. The molecule has 0 aliphatic heterocycles. The van der Waals surface area contributed by atoms with Crippen LogP contribution in [0.3, 0.4) is 0 Å². The van der Waals surface area contributed by atoms with Crippen molar-refractivity contribution in [2.24, 2.45) is 0 Å². The van der Waals surface area contributed by atoms with E-state index in [4.69, 9.17) is 9.47 Å². The van der Waals surface area contributed by atoms with E-state index in [1.807, 2.05) is 73.7 Å². The highest BCUT2D eigenvalue weighted by Gasteiger charge is 2.12. The molecule has 0 unspecified atom stereocenters. The van der Waals surface area contributed by atoms with Crippen LogP contribution in [0.1, 0.15) is 34.0 Å². The average Bonchev–Trinajstić information content (AvgIpc) is 2.71. The van der Waals surface area contributed by atoms with Crippen LogP contribution in [0, 0.1) is 0 Å². The first-order chi connectivity index (χ1) is 12.8. The second-order valence-corrected chi connectivity index (χ2v) is 6.01. The molecule has 0 aliphatic carbocycles. The highest BCUT2D eigenvalue weighted by molar-refractivity contribution is 5.82. The summed E-state index contributed by atoms with van der Waals surface area (Å²) in [5.41, 5.74) is 3.67. The summed E-state index contributed by atoms with van der Waals surface area (Å²) < 4.78 is 11.9. The first kappa shape index (κ1) is 17.7. The summed E-state index contributed by atoms with van der Waals surface area (Å²) in [4.78, 5) is 11.6. The third kappa shape index (κ3) is 4.51. The molecule has 3 aromatic carbocycles. The summed E-state index contributed by atoms with van der Waals surface area (Å²) in [5, 5.41) is 0. The normalized spacial score (nSPS) is 10.3. The Morgan fingerprint density at radius 1 is 0.808 bits per heavy atom. The van der Waals surface area contributed by atoms with Crippen molar-refractivity contribution >= 4 is 6.29 Å². The Labute approximate surface area is 154 Å². The Kier molecular flexibility index (Phi) is 6.05. The van der Waals surface area contributed by atoms with Gasteiger partial charge in [-0.15, -0.1) is 0 Å². The van der Waals surface area contributed by atoms with Gasteiger partial charge in [-0.25, -0.2) is 0 Å². The van der Waals surface area contributed by atoms with Crippen molar-refractivity contribution < 1.29 is 14.3 Å². The number of carbonyl (C=O) groups excluding carboxylic acids is 1. The SMILES string of the molecule is CCc1cc(OCc2ccccc2)cc(OCc2ccccc2)c1C=O. The predicted molar refractivity (Wildman–Crippen MR) is 103 cm³/mol. The highest BCUT2D eigenvalue weighted by Crippen LogP contribution is 2.29. The first-order valence-electron chi connectivity index (χ1n) is 8.75. The van der Waals surface area contributed by atoms with E-state index in [0.717, 1.165) is 29.4 Å². The van der Waals surface area contributed by atoms with Crippen LogP contribution < -0.4 is 9.47 Å². The fraction of sp³-hybridized carbons (Fsp3) is 0.174. The monoisotopic (exact) mass is 346 g/mol. The Hall–Kier alpha value is -3.07. The zero-order valence-electron chi connectivity index (χ0n) is 14.9. The van der Waals surface area contributed by atoms with Crippen LogP contribution in [0.4, 0.5) is 0 Å². The second-order valence-electron chi connectivity index (χ2n) is 6.01. The minimum absolute atomic E-state index is 0.410. The molecule has 0 aromatic heterocycles. The van der Waals surface area contributed by atoms with Gasteiger partial charge in [0.05, 0.1) is 5.56 Å². The first-order valence-corrected chi connectivity index (χ1v) is 8.75. The van der Waals surface area contributed by atoms with Gasteiger partial charge in [0, 0.05) is 6.07 Å². The molecule has 0 spiro atoms. The molecule has 0 N–H and O–H groups in total. The molecule has 0 heterocycles. The lowest BCUT2D eigenvalue weighted by atomic mass is 10.0. The fourth-order valence-corrected chi connectivity index (χ4v) is 2.76. The minimum Gasteiger partial charge on any atom is -0.489 e. The highest BCUT2D eigenvalue weighted by atomic mass is 16.5. The number of ether oxygens (including phenoxy) is 2. The van der Waals surface area contributed by atoms with Gasteiger partial charge in [-0.05, 0) is 29.2 Å². The van der Waals surface area contributed by atoms with Gasteiger partial charge < -0.3 is 9.47 Å². The number of rotatable bonds is 8. The molecule has 26 heavy (non-hydrogen) atoms. The van der Waals surface area contributed by atoms with Gasteiger partial charge in [0.15, 0.2) is 6.29 Å². The molecule has 3 heteroatoms. The van der Waals surface area contributed by atoms with Gasteiger partial charge in [-0.1, -0.05) is 67.6 Å². The third-order valence-corrected chi connectivity index (χ3v) is 4.19. The summed E-state index contributed by atoms with van der Waals surface area (Å²) in [7, 11) is 0. The van der Waals surface area contributed by atoms with Gasteiger partial charge in [0.1, 0.15) is 24.7 Å². The summed E-state index contributed by atoms with van der Waals surface area (Å²) in [6.07, 6.45) is 1.60. The summed E-state index contributed by atoms with van der Waals surface area (Å²) in [6.45, 7) is 2.90. The molecule has 3 nitrogen and oxygen atoms in total. The van der Waals surface area contributed by atoms with E-state index in [9.17, 15) is 4.79 Å². The van der Waals surface area contributed by atoms with E-state index in [0.29, 0.717) is 30.3 Å². The minimum atomic E-state index is 0.410. The number of aldehydes is 1. The van der Waals surface area contributed by atoms with Crippen LogP contribution in [-0.4, -0.2) is 6.29 Å². The summed E-state index contributed by atoms with van der Waals surface area (Å²) in [5.74, 6) is 1.27. The molecule has 0 bridgehead atoms. The van der Waals surface area contributed by atoms with Gasteiger partial charge >= 0.3 is 0 Å². The van der Waals surface area contributed by atoms with Crippen LogP contribution in [-0.2, 0) is 19.6 Å². The lowest BCUT2D eigenvalue weighted by molar-refractivity contribution is 0.111. The van der Waals surface area contributed by atoms with Crippen molar-refractivity contribution in [3.8, 4) is 11.5 Å². The topological polar surface area (TPSA) is 35.5 Å². The van der Waals surface area contributed by atoms with Crippen LogP contribution in [0.5, 0.6) is 11.5 Å². The predicted octanol–water partition coefficient (Wildman–Crippen LogP) is 5.22.